The van der Waals surface area contributed by atoms with Crippen LogP contribution in [0.5, 0.6) is 0 Å². The Hall–Kier alpha value is -2.78. The molecule has 1 aliphatic carbocycles. The number of amides is 1. The summed E-state index contributed by atoms with van der Waals surface area (Å²) in [6.45, 7) is 0.820. The Morgan fingerprint density at radius 3 is 2.69 bits per heavy atom. The van der Waals surface area contributed by atoms with Crippen molar-refractivity contribution in [2.45, 2.75) is 31.8 Å². The number of para-hydroxylation sites is 1. The van der Waals surface area contributed by atoms with Crippen molar-refractivity contribution in [2.24, 2.45) is 0 Å². The summed E-state index contributed by atoms with van der Waals surface area (Å²) < 4.78 is 26.9. The second-order valence-corrected chi connectivity index (χ2v) is 6.39. The molecule has 0 saturated heterocycles. The highest BCUT2D eigenvalue weighted by Gasteiger charge is 2.29. The van der Waals surface area contributed by atoms with Crippen LogP contribution in [0.2, 0.25) is 0 Å². The molecule has 0 unspecified atom stereocenters. The molecule has 0 atom stereocenters. The molecule has 0 aromatic heterocycles. The van der Waals surface area contributed by atoms with Crippen LogP contribution in [0, 0.1) is 23.0 Å². The Bertz CT molecular complexity index is 843. The normalized spacial score (nSPS) is 13.5. The summed E-state index contributed by atoms with van der Waals surface area (Å²) in [5.74, 6) is -1.36. The molecule has 4 nitrogen and oxygen atoms in total. The Morgan fingerprint density at radius 2 is 2.00 bits per heavy atom. The molecule has 1 fully saturated rings. The molecule has 0 spiro atoms. The maximum absolute atomic E-state index is 13.9. The number of halogens is 2. The van der Waals surface area contributed by atoms with Crippen molar-refractivity contribution < 1.29 is 13.6 Å². The van der Waals surface area contributed by atoms with Gasteiger partial charge >= 0.3 is 0 Å². The first-order valence-electron chi connectivity index (χ1n) is 8.54. The number of benzene rings is 2. The molecule has 134 valence electrons. The molecular formula is C20H19F2N3O. The van der Waals surface area contributed by atoms with Crippen LogP contribution in [-0.4, -0.2) is 23.4 Å². The molecule has 1 N–H and O–H groups in total. The fourth-order valence-corrected chi connectivity index (χ4v) is 2.85. The molecule has 1 aliphatic rings. The summed E-state index contributed by atoms with van der Waals surface area (Å²) in [5, 5.41) is 11.8. The van der Waals surface area contributed by atoms with Crippen molar-refractivity contribution >= 4 is 11.6 Å². The van der Waals surface area contributed by atoms with Gasteiger partial charge in [0.05, 0.1) is 11.3 Å². The van der Waals surface area contributed by atoms with E-state index >= 15 is 0 Å². The standard InChI is InChI=1S/C20H19F2N3O/c21-16-6-5-15(18(22)11-16)13-25(17-7-8-17)10-9-20(26)24-19-4-2-1-3-14(19)12-23/h1-6,11,17H,7-10,13H2,(H,24,26). The van der Waals surface area contributed by atoms with Gasteiger partial charge in [0.2, 0.25) is 5.91 Å². The van der Waals surface area contributed by atoms with Crippen molar-refractivity contribution in [1.82, 2.24) is 4.90 Å². The number of carbonyl (C=O) groups is 1. The first-order chi connectivity index (χ1) is 12.6. The van der Waals surface area contributed by atoms with Gasteiger partial charge in [-0.3, -0.25) is 9.69 Å². The number of hydrogen-bond donors (Lipinski definition) is 1. The van der Waals surface area contributed by atoms with Gasteiger partial charge in [-0.05, 0) is 31.0 Å². The van der Waals surface area contributed by atoms with Gasteiger partial charge in [0, 0.05) is 37.2 Å². The smallest absolute Gasteiger partial charge is 0.225 e. The number of rotatable bonds is 7. The fourth-order valence-electron chi connectivity index (χ4n) is 2.85. The van der Waals surface area contributed by atoms with E-state index in [2.05, 4.69) is 5.32 Å². The van der Waals surface area contributed by atoms with E-state index in [9.17, 15) is 13.6 Å². The molecule has 6 heteroatoms. The Balaban J connectivity index is 1.59. The average Bonchev–Trinajstić information content (AvgIpc) is 3.46. The van der Waals surface area contributed by atoms with Crippen LogP contribution in [0.3, 0.4) is 0 Å². The van der Waals surface area contributed by atoms with Gasteiger partial charge in [-0.2, -0.15) is 5.26 Å². The highest BCUT2D eigenvalue weighted by molar-refractivity contribution is 5.92. The quantitative estimate of drug-likeness (QED) is 0.821. The van der Waals surface area contributed by atoms with E-state index in [-0.39, 0.29) is 12.3 Å². The number of hydrogen-bond acceptors (Lipinski definition) is 3. The second kappa shape index (κ2) is 8.07. The van der Waals surface area contributed by atoms with Crippen LogP contribution >= 0.6 is 0 Å². The zero-order valence-corrected chi connectivity index (χ0v) is 14.2. The SMILES string of the molecule is N#Cc1ccccc1NC(=O)CCN(Cc1ccc(F)cc1F)C1CC1. The van der Waals surface area contributed by atoms with Crippen molar-refractivity contribution in [1.29, 1.82) is 5.26 Å². The van der Waals surface area contributed by atoms with E-state index in [1.54, 1.807) is 24.3 Å². The molecule has 1 amide bonds. The molecule has 1 saturated carbocycles. The molecule has 0 radical (unpaired) electrons. The minimum Gasteiger partial charge on any atom is -0.325 e. The van der Waals surface area contributed by atoms with Crippen LogP contribution in [0.25, 0.3) is 0 Å². The van der Waals surface area contributed by atoms with Gasteiger partial charge in [-0.15, -0.1) is 0 Å². The van der Waals surface area contributed by atoms with E-state index in [1.807, 2.05) is 11.0 Å². The monoisotopic (exact) mass is 355 g/mol. The topological polar surface area (TPSA) is 56.1 Å². The van der Waals surface area contributed by atoms with Crippen molar-refractivity contribution in [3.05, 3.63) is 65.2 Å². The summed E-state index contributed by atoms with van der Waals surface area (Å²) >= 11 is 0. The van der Waals surface area contributed by atoms with Gasteiger partial charge in [-0.1, -0.05) is 18.2 Å². The maximum Gasteiger partial charge on any atom is 0.225 e. The Labute approximate surface area is 151 Å². The number of carbonyl (C=O) groups excluding carboxylic acids is 1. The van der Waals surface area contributed by atoms with Crippen molar-refractivity contribution in [3.8, 4) is 6.07 Å². The summed E-state index contributed by atoms with van der Waals surface area (Å²) in [6.07, 6.45) is 2.27. The first-order valence-corrected chi connectivity index (χ1v) is 8.54. The van der Waals surface area contributed by atoms with Crippen molar-refractivity contribution in [2.75, 3.05) is 11.9 Å². The van der Waals surface area contributed by atoms with E-state index in [0.29, 0.717) is 35.9 Å². The van der Waals surface area contributed by atoms with Crippen LogP contribution in [0.15, 0.2) is 42.5 Å². The molecule has 26 heavy (non-hydrogen) atoms. The van der Waals surface area contributed by atoms with E-state index in [0.717, 1.165) is 18.9 Å². The van der Waals surface area contributed by atoms with Crippen LogP contribution in [0.1, 0.15) is 30.4 Å². The predicted octanol–water partition coefficient (Wildman–Crippen LogP) is 3.83. The third kappa shape index (κ3) is 4.64. The number of nitrogens with zero attached hydrogens (tertiary/aromatic N) is 2. The Kier molecular flexibility index (Phi) is 5.59. The summed E-state index contributed by atoms with van der Waals surface area (Å²) in [4.78, 5) is 14.3. The lowest BCUT2D eigenvalue weighted by molar-refractivity contribution is -0.116. The fraction of sp³-hybridized carbons (Fsp3) is 0.300. The van der Waals surface area contributed by atoms with Gasteiger partial charge in [0.15, 0.2) is 0 Å². The van der Waals surface area contributed by atoms with E-state index in [1.165, 1.54) is 12.1 Å². The molecule has 2 aromatic rings. The highest BCUT2D eigenvalue weighted by Crippen LogP contribution is 2.29. The maximum atomic E-state index is 13.9. The van der Waals surface area contributed by atoms with E-state index < -0.39 is 11.6 Å². The van der Waals surface area contributed by atoms with Gasteiger partial charge in [0.25, 0.3) is 0 Å². The lowest BCUT2D eigenvalue weighted by Gasteiger charge is -2.22. The molecule has 0 heterocycles. The Morgan fingerprint density at radius 1 is 1.23 bits per heavy atom. The molecule has 2 aromatic carbocycles. The number of nitriles is 1. The second-order valence-electron chi connectivity index (χ2n) is 6.39. The first kappa shape index (κ1) is 18.0. The summed E-state index contributed by atoms with van der Waals surface area (Å²) in [5.41, 5.74) is 1.32. The molecule has 0 bridgehead atoms. The van der Waals surface area contributed by atoms with Crippen LogP contribution < -0.4 is 5.32 Å². The average molecular weight is 355 g/mol. The summed E-state index contributed by atoms with van der Waals surface area (Å²) in [6, 6.07) is 12.8. The van der Waals surface area contributed by atoms with Gasteiger partial charge < -0.3 is 5.32 Å². The third-order valence-electron chi connectivity index (χ3n) is 4.40. The minimum absolute atomic E-state index is 0.196. The number of anilines is 1. The van der Waals surface area contributed by atoms with E-state index in [4.69, 9.17) is 5.26 Å². The lowest BCUT2D eigenvalue weighted by Crippen LogP contribution is -2.30. The van der Waals surface area contributed by atoms with Crippen LogP contribution in [0.4, 0.5) is 14.5 Å². The molecule has 3 rings (SSSR count). The van der Waals surface area contributed by atoms with Gasteiger partial charge in [-0.25, -0.2) is 8.78 Å². The lowest BCUT2D eigenvalue weighted by atomic mass is 10.1. The zero-order chi connectivity index (χ0) is 18.5. The summed E-state index contributed by atoms with van der Waals surface area (Å²) in [7, 11) is 0. The third-order valence-corrected chi connectivity index (χ3v) is 4.40. The molecular weight excluding hydrogens is 336 g/mol. The highest BCUT2D eigenvalue weighted by atomic mass is 19.1. The number of nitrogens with one attached hydrogen (secondary N) is 1. The largest absolute Gasteiger partial charge is 0.325 e. The van der Waals surface area contributed by atoms with Crippen LogP contribution in [-0.2, 0) is 11.3 Å². The predicted molar refractivity (Wildman–Crippen MR) is 94.2 cm³/mol. The van der Waals surface area contributed by atoms with Crippen molar-refractivity contribution in [3.63, 3.8) is 0 Å². The minimum atomic E-state index is -0.597. The van der Waals surface area contributed by atoms with Gasteiger partial charge in [0.1, 0.15) is 17.7 Å². The molecule has 0 aliphatic heterocycles. The zero-order valence-electron chi connectivity index (χ0n) is 14.2.